The summed E-state index contributed by atoms with van der Waals surface area (Å²) in [6.45, 7) is 8.64. The fourth-order valence-electron chi connectivity index (χ4n) is 2.70. The van der Waals surface area contributed by atoms with Crippen LogP contribution in [0.1, 0.15) is 58.4 Å². The average molecular weight is 397 g/mol. The molecule has 0 aromatic heterocycles. The molecule has 0 atom stereocenters. The molecule has 0 saturated carbocycles. The summed E-state index contributed by atoms with van der Waals surface area (Å²) in [6, 6.07) is 7.33. The summed E-state index contributed by atoms with van der Waals surface area (Å²) in [5.41, 5.74) is 1.42. The Labute approximate surface area is 165 Å². The maximum atomic E-state index is 11.5. The third-order valence-corrected chi connectivity index (χ3v) is 4.66. The van der Waals surface area contributed by atoms with Gasteiger partial charge in [-0.2, -0.15) is 0 Å². The van der Waals surface area contributed by atoms with Gasteiger partial charge in [-0.1, -0.05) is 57.7 Å². The van der Waals surface area contributed by atoms with Gasteiger partial charge in [0, 0.05) is 13.1 Å². The lowest BCUT2D eigenvalue weighted by atomic mass is 10.0. The van der Waals surface area contributed by atoms with E-state index in [4.69, 9.17) is 0 Å². The van der Waals surface area contributed by atoms with Gasteiger partial charge in [-0.15, -0.1) is 0 Å². The molecule has 1 aromatic rings. The highest BCUT2D eigenvalue weighted by Crippen LogP contribution is 2.17. The van der Waals surface area contributed by atoms with Crippen molar-refractivity contribution in [3.05, 3.63) is 29.8 Å². The van der Waals surface area contributed by atoms with Crippen LogP contribution in [0.5, 0.6) is 0 Å². The number of guanidine groups is 1. The van der Waals surface area contributed by atoms with Crippen LogP contribution in [0.4, 0.5) is 5.69 Å². The van der Waals surface area contributed by atoms with Crippen molar-refractivity contribution in [2.45, 2.75) is 59.4 Å². The summed E-state index contributed by atoms with van der Waals surface area (Å²) >= 11 is 0. The van der Waals surface area contributed by atoms with E-state index in [1.165, 1.54) is 25.7 Å². The topological polar surface area (TPSA) is 82.6 Å². The number of nitrogens with one attached hydrogen (secondary N) is 3. The van der Waals surface area contributed by atoms with E-state index in [2.05, 4.69) is 34.2 Å². The van der Waals surface area contributed by atoms with E-state index in [-0.39, 0.29) is 0 Å². The van der Waals surface area contributed by atoms with Crippen LogP contribution in [-0.4, -0.2) is 33.7 Å². The van der Waals surface area contributed by atoms with Gasteiger partial charge in [0.05, 0.1) is 18.5 Å². The van der Waals surface area contributed by atoms with Gasteiger partial charge in [0.25, 0.3) is 0 Å². The molecule has 0 amide bonds. The van der Waals surface area contributed by atoms with Crippen LogP contribution in [0.25, 0.3) is 0 Å². The summed E-state index contributed by atoms with van der Waals surface area (Å²) in [7, 11) is -3.31. The quantitative estimate of drug-likeness (QED) is 0.286. The SMILES string of the molecule is CCNC(=NCc1ccccc1NS(C)(=O)=O)NCCCCCCC(C)C. The Morgan fingerprint density at radius 1 is 1.07 bits per heavy atom. The van der Waals surface area contributed by atoms with Gasteiger partial charge >= 0.3 is 0 Å². The number of hydrogen-bond donors (Lipinski definition) is 3. The zero-order chi connectivity index (χ0) is 20.1. The molecule has 0 fully saturated rings. The number of aliphatic imine (C=N–C) groups is 1. The van der Waals surface area contributed by atoms with E-state index >= 15 is 0 Å². The summed E-state index contributed by atoms with van der Waals surface area (Å²) in [4.78, 5) is 4.59. The monoisotopic (exact) mass is 396 g/mol. The van der Waals surface area contributed by atoms with Crippen molar-refractivity contribution < 1.29 is 8.42 Å². The molecule has 3 N–H and O–H groups in total. The van der Waals surface area contributed by atoms with E-state index in [1.54, 1.807) is 6.07 Å². The third kappa shape index (κ3) is 11.5. The molecule has 0 unspecified atom stereocenters. The average Bonchev–Trinajstić information content (AvgIpc) is 2.58. The standard InChI is InChI=1S/C20H36N4O2S/c1-5-21-20(22-15-11-7-6-8-12-17(2)3)23-16-18-13-9-10-14-19(18)24-27(4,25)26/h9-10,13-14,17,24H,5-8,11-12,15-16H2,1-4H3,(H2,21,22,23). The molecule has 0 heterocycles. The molecule has 0 bridgehead atoms. The predicted octanol–water partition coefficient (Wildman–Crippen LogP) is 3.72. The first kappa shape index (κ1) is 23.3. The van der Waals surface area contributed by atoms with E-state index in [0.29, 0.717) is 12.2 Å². The van der Waals surface area contributed by atoms with Crippen molar-refractivity contribution in [2.24, 2.45) is 10.9 Å². The number of unbranched alkanes of at least 4 members (excludes halogenated alkanes) is 3. The zero-order valence-electron chi connectivity index (χ0n) is 17.2. The Balaban J connectivity index is 2.52. The minimum absolute atomic E-state index is 0.405. The van der Waals surface area contributed by atoms with Gasteiger partial charge in [0.1, 0.15) is 0 Å². The molecule has 0 aliphatic heterocycles. The molecule has 0 saturated heterocycles. The highest BCUT2D eigenvalue weighted by atomic mass is 32.2. The Hall–Kier alpha value is -1.76. The molecule has 27 heavy (non-hydrogen) atoms. The zero-order valence-corrected chi connectivity index (χ0v) is 18.0. The van der Waals surface area contributed by atoms with E-state index in [0.717, 1.165) is 43.2 Å². The molecular weight excluding hydrogens is 360 g/mol. The fraction of sp³-hybridized carbons (Fsp3) is 0.650. The highest BCUT2D eigenvalue weighted by molar-refractivity contribution is 7.92. The number of sulfonamides is 1. The summed E-state index contributed by atoms with van der Waals surface area (Å²) in [5, 5.41) is 6.60. The van der Waals surface area contributed by atoms with Crippen molar-refractivity contribution in [3.8, 4) is 0 Å². The number of benzene rings is 1. The number of hydrogen-bond acceptors (Lipinski definition) is 3. The highest BCUT2D eigenvalue weighted by Gasteiger charge is 2.07. The second kappa shape index (κ2) is 12.6. The molecule has 0 radical (unpaired) electrons. The molecule has 0 spiro atoms. The van der Waals surface area contributed by atoms with Crippen LogP contribution < -0.4 is 15.4 Å². The smallest absolute Gasteiger partial charge is 0.229 e. The van der Waals surface area contributed by atoms with Crippen molar-refractivity contribution in [2.75, 3.05) is 24.1 Å². The fourth-order valence-corrected chi connectivity index (χ4v) is 3.30. The van der Waals surface area contributed by atoms with Gasteiger partial charge in [-0.3, -0.25) is 4.72 Å². The van der Waals surface area contributed by atoms with E-state index in [1.807, 2.05) is 25.1 Å². The minimum Gasteiger partial charge on any atom is -0.357 e. The first-order valence-corrected chi connectivity index (χ1v) is 11.8. The molecular formula is C20H36N4O2S. The lowest BCUT2D eigenvalue weighted by molar-refractivity contribution is 0.518. The van der Waals surface area contributed by atoms with Crippen LogP contribution in [0.2, 0.25) is 0 Å². The number of nitrogens with zero attached hydrogens (tertiary/aromatic N) is 1. The summed E-state index contributed by atoms with van der Waals surface area (Å²) in [5.74, 6) is 1.55. The van der Waals surface area contributed by atoms with Crippen LogP contribution in [0.15, 0.2) is 29.3 Å². The van der Waals surface area contributed by atoms with Gasteiger partial charge in [-0.25, -0.2) is 13.4 Å². The Morgan fingerprint density at radius 3 is 2.44 bits per heavy atom. The lowest BCUT2D eigenvalue weighted by Crippen LogP contribution is -2.37. The molecule has 1 aromatic carbocycles. The molecule has 0 aliphatic carbocycles. The van der Waals surface area contributed by atoms with Gasteiger partial charge in [0.2, 0.25) is 10.0 Å². The number of rotatable bonds is 12. The second-order valence-corrected chi connectivity index (χ2v) is 9.00. The lowest BCUT2D eigenvalue weighted by Gasteiger charge is -2.13. The Morgan fingerprint density at radius 2 is 1.78 bits per heavy atom. The normalized spacial score (nSPS) is 12.3. The largest absolute Gasteiger partial charge is 0.357 e. The van der Waals surface area contributed by atoms with Crippen LogP contribution in [0.3, 0.4) is 0 Å². The molecule has 0 aliphatic rings. The van der Waals surface area contributed by atoms with Crippen molar-refractivity contribution in [1.29, 1.82) is 0 Å². The number of anilines is 1. The van der Waals surface area contributed by atoms with Crippen LogP contribution in [0, 0.1) is 5.92 Å². The summed E-state index contributed by atoms with van der Waals surface area (Å²) < 4.78 is 25.6. The maximum Gasteiger partial charge on any atom is 0.229 e. The van der Waals surface area contributed by atoms with Gasteiger partial charge in [0.15, 0.2) is 5.96 Å². The maximum absolute atomic E-state index is 11.5. The van der Waals surface area contributed by atoms with Crippen LogP contribution in [-0.2, 0) is 16.6 Å². The third-order valence-electron chi connectivity index (χ3n) is 4.07. The van der Waals surface area contributed by atoms with Crippen molar-refractivity contribution >= 4 is 21.7 Å². The second-order valence-electron chi connectivity index (χ2n) is 7.25. The first-order chi connectivity index (χ1) is 12.8. The minimum atomic E-state index is -3.31. The summed E-state index contributed by atoms with van der Waals surface area (Å²) in [6.07, 6.45) is 7.38. The van der Waals surface area contributed by atoms with E-state index in [9.17, 15) is 8.42 Å². The molecule has 154 valence electrons. The molecule has 7 heteroatoms. The molecule has 6 nitrogen and oxygen atoms in total. The van der Waals surface area contributed by atoms with E-state index < -0.39 is 10.0 Å². The predicted molar refractivity (Wildman–Crippen MR) is 116 cm³/mol. The first-order valence-electron chi connectivity index (χ1n) is 9.89. The van der Waals surface area contributed by atoms with Crippen LogP contribution >= 0.6 is 0 Å². The van der Waals surface area contributed by atoms with Gasteiger partial charge in [-0.05, 0) is 30.9 Å². The van der Waals surface area contributed by atoms with Crippen molar-refractivity contribution in [1.82, 2.24) is 10.6 Å². The van der Waals surface area contributed by atoms with Gasteiger partial charge < -0.3 is 10.6 Å². The number of para-hydroxylation sites is 1. The Bertz CT molecular complexity index is 672. The molecule has 1 rings (SSSR count). The Kier molecular flexibility index (Phi) is 10.9. The van der Waals surface area contributed by atoms with Crippen molar-refractivity contribution in [3.63, 3.8) is 0 Å².